The van der Waals surface area contributed by atoms with E-state index in [9.17, 15) is 0 Å². The fourth-order valence-corrected chi connectivity index (χ4v) is 1.43. The molecule has 0 aliphatic carbocycles. The summed E-state index contributed by atoms with van der Waals surface area (Å²) in [7, 11) is 1.73. The Bertz CT molecular complexity index is 330. The number of hydrogen-bond acceptors (Lipinski definition) is 2. The van der Waals surface area contributed by atoms with Crippen molar-refractivity contribution in [2.75, 3.05) is 7.05 Å². The minimum absolute atomic E-state index is 0.403. The Kier molecular flexibility index (Phi) is 4.17. The molecule has 0 fully saturated rings. The number of rotatable bonds is 2. The highest BCUT2D eigenvalue weighted by atomic mass is 35.5. The number of halogens is 2. The quantitative estimate of drug-likeness (QED) is 0.483. The van der Waals surface area contributed by atoms with E-state index < -0.39 is 0 Å². The van der Waals surface area contributed by atoms with Crippen molar-refractivity contribution in [3.8, 4) is 0 Å². The molecule has 1 aromatic heterocycles. The summed E-state index contributed by atoms with van der Waals surface area (Å²) in [6.45, 7) is 2.54. The zero-order valence-corrected chi connectivity index (χ0v) is 9.52. The van der Waals surface area contributed by atoms with Crippen molar-refractivity contribution in [3.63, 3.8) is 0 Å². The number of amidine groups is 1. The Hall–Kier alpha value is -0.800. The number of nitrogens with one attached hydrogen (secondary N) is 1. The van der Waals surface area contributed by atoms with Crippen molar-refractivity contribution in [2.45, 2.75) is 13.5 Å². The zero-order chi connectivity index (χ0) is 10.6. The van der Waals surface area contributed by atoms with Gasteiger partial charge in [-0.1, -0.05) is 23.2 Å². The molecule has 0 aliphatic rings. The molecule has 1 heterocycles. The van der Waals surface area contributed by atoms with Gasteiger partial charge in [0.2, 0.25) is 0 Å². The molecule has 76 valence electrons. The molecule has 1 aromatic rings. The number of pyridine rings is 1. The highest BCUT2D eigenvalue weighted by Crippen LogP contribution is 2.14. The van der Waals surface area contributed by atoms with E-state index in [1.54, 1.807) is 19.2 Å². The van der Waals surface area contributed by atoms with Crippen molar-refractivity contribution < 1.29 is 0 Å². The number of nitrogens with zero attached hydrogens (tertiary/aromatic N) is 2. The second-order valence-electron chi connectivity index (χ2n) is 2.78. The molecule has 0 bridgehead atoms. The van der Waals surface area contributed by atoms with Gasteiger partial charge in [0.05, 0.1) is 5.84 Å². The number of hydrogen-bond donors (Lipinski definition) is 1. The second-order valence-corrected chi connectivity index (χ2v) is 3.56. The lowest BCUT2D eigenvalue weighted by molar-refractivity contribution is 0.903. The molecule has 5 heteroatoms. The van der Waals surface area contributed by atoms with E-state index in [0.29, 0.717) is 16.9 Å². The van der Waals surface area contributed by atoms with Crippen LogP contribution in [0.3, 0.4) is 0 Å². The van der Waals surface area contributed by atoms with E-state index in [-0.39, 0.29) is 0 Å². The minimum Gasteiger partial charge on any atom is -0.370 e. The Morgan fingerprint density at radius 3 is 2.50 bits per heavy atom. The molecule has 3 nitrogen and oxygen atoms in total. The summed E-state index contributed by atoms with van der Waals surface area (Å²) < 4.78 is 0. The predicted molar refractivity (Wildman–Crippen MR) is 60.1 cm³/mol. The van der Waals surface area contributed by atoms with Gasteiger partial charge in [-0.05, 0) is 24.6 Å². The molecule has 0 saturated heterocycles. The largest absolute Gasteiger partial charge is 0.370 e. The van der Waals surface area contributed by atoms with E-state index in [0.717, 1.165) is 11.4 Å². The van der Waals surface area contributed by atoms with Gasteiger partial charge in [0.15, 0.2) is 0 Å². The van der Waals surface area contributed by atoms with Gasteiger partial charge < -0.3 is 5.32 Å². The molecule has 0 amide bonds. The molecular weight excluding hydrogens is 221 g/mol. The molecule has 0 spiro atoms. The van der Waals surface area contributed by atoms with E-state index in [2.05, 4.69) is 15.3 Å². The predicted octanol–water partition coefficient (Wildman–Crippen LogP) is 2.53. The maximum Gasteiger partial charge on any atom is 0.131 e. The average Bonchev–Trinajstić information content (AvgIpc) is 2.12. The van der Waals surface area contributed by atoms with Crippen molar-refractivity contribution in [1.82, 2.24) is 10.3 Å². The van der Waals surface area contributed by atoms with Crippen LogP contribution >= 0.6 is 23.2 Å². The summed E-state index contributed by atoms with van der Waals surface area (Å²) in [5.74, 6) is 0.869. The van der Waals surface area contributed by atoms with E-state index in [4.69, 9.17) is 23.2 Å². The topological polar surface area (TPSA) is 37.3 Å². The highest BCUT2D eigenvalue weighted by Gasteiger charge is 1.99. The Morgan fingerprint density at radius 2 is 2.00 bits per heavy atom. The highest BCUT2D eigenvalue weighted by molar-refractivity contribution is 6.32. The van der Waals surface area contributed by atoms with Gasteiger partial charge in [0, 0.05) is 13.6 Å². The van der Waals surface area contributed by atoms with E-state index >= 15 is 0 Å². The molecule has 0 radical (unpaired) electrons. The number of aliphatic imine (C=N–C) groups is 1. The second kappa shape index (κ2) is 5.17. The van der Waals surface area contributed by atoms with Crippen LogP contribution in [0.1, 0.15) is 12.5 Å². The van der Waals surface area contributed by atoms with Gasteiger partial charge in [-0.15, -0.1) is 0 Å². The van der Waals surface area contributed by atoms with Crippen LogP contribution in [0.5, 0.6) is 0 Å². The lowest BCUT2D eigenvalue weighted by Gasteiger charge is -2.05. The fraction of sp³-hybridized carbons (Fsp3) is 0.333. The Morgan fingerprint density at radius 1 is 1.43 bits per heavy atom. The first-order chi connectivity index (χ1) is 6.61. The maximum atomic E-state index is 5.75. The number of aromatic nitrogens is 1. The first kappa shape index (κ1) is 11.3. The van der Waals surface area contributed by atoms with Crippen molar-refractivity contribution >= 4 is 29.0 Å². The van der Waals surface area contributed by atoms with Gasteiger partial charge in [0.1, 0.15) is 10.3 Å². The van der Waals surface area contributed by atoms with Crippen molar-refractivity contribution in [1.29, 1.82) is 0 Å². The van der Waals surface area contributed by atoms with Crippen LogP contribution < -0.4 is 5.32 Å². The first-order valence-corrected chi connectivity index (χ1v) is 4.86. The first-order valence-electron chi connectivity index (χ1n) is 4.11. The normalized spacial score (nSPS) is 11.6. The lowest BCUT2D eigenvalue weighted by Crippen LogP contribution is -2.19. The SMILES string of the molecule is CN=C(C)NCc1cc(Cl)nc(Cl)c1. The van der Waals surface area contributed by atoms with Gasteiger partial charge in [-0.3, -0.25) is 4.99 Å². The van der Waals surface area contributed by atoms with E-state index in [1.165, 1.54) is 0 Å². The summed E-state index contributed by atoms with van der Waals surface area (Å²) in [4.78, 5) is 7.83. The molecule has 14 heavy (non-hydrogen) atoms. The Balaban J connectivity index is 2.67. The monoisotopic (exact) mass is 231 g/mol. The summed E-state index contributed by atoms with van der Waals surface area (Å²) in [5.41, 5.74) is 0.984. The molecule has 1 rings (SSSR count). The molecule has 0 aliphatic heterocycles. The van der Waals surface area contributed by atoms with Gasteiger partial charge >= 0.3 is 0 Å². The van der Waals surface area contributed by atoms with E-state index in [1.807, 2.05) is 6.92 Å². The molecule has 0 unspecified atom stereocenters. The van der Waals surface area contributed by atoms with Crippen LogP contribution in [-0.4, -0.2) is 17.9 Å². The molecule has 0 saturated carbocycles. The summed E-state index contributed by atoms with van der Waals surface area (Å²) in [6.07, 6.45) is 0. The maximum absolute atomic E-state index is 5.75. The van der Waals surface area contributed by atoms with Crippen molar-refractivity contribution in [3.05, 3.63) is 28.0 Å². The summed E-state index contributed by atoms with van der Waals surface area (Å²) in [5, 5.41) is 3.91. The van der Waals surface area contributed by atoms with Crippen LogP contribution in [0.15, 0.2) is 17.1 Å². The third kappa shape index (κ3) is 3.52. The van der Waals surface area contributed by atoms with Crippen LogP contribution in [0.2, 0.25) is 10.3 Å². The third-order valence-electron chi connectivity index (χ3n) is 1.71. The fourth-order valence-electron chi connectivity index (χ4n) is 0.925. The summed E-state index contributed by atoms with van der Waals surface area (Å²) in [6, 6.07) is 3.53. The smallest absolute Gasteiger partial charge is 0.131 e. The van der Waals surface area contributed by atoms with Crippen LogP contribution in [0, 0.1) is 0 Å². The minimum atomic E-state index is 0.403. The van der Waals surface area contributed by atoms with Crippen LogP contribution in [-0.2, 0) is 6.54 Å². The molecule has 0 aromatic carbocycles. The van der Waals surface area contributed by atoms with Crippen LogP contribution in [0.4, 0.5) is 0 Å². The lowest BCUT2D eigenvalue weighted by atomic mass is 10.3. The Labute approximate surface area is 93.2 Å². The van der Waals surface area contributed by atoms with Gasteiger partial charge in [-0.2, -0.15) is 0 Å². The molecule has 0 atom stereocenters. The zero-order valence-electron chi connectivity index (χ0n) is 8.01. The van der Waals surface area contributed by atoms with Gasteiger partial charge in [-0.25, -0.2) is 4.98 Å². The third-order valence-corrected chi connectivity index (χ3v) is 2.09. The summed E-state index contributed by atoms with van der Waals surface area (Å²) >= 11 is 11.5. The van der Waals surface area contributed by atoms with Gasteiger partial charge in [0.25, 0.3) is 0 Å². The molecule has 1 N–H and O–H groups in total. The average molecular weight is 232 g/mol. The standard InChI is InChI=1S/C9H11Cl2N3/c1-6(12-2)13-5-7-3-8(10)14-9(11)4-7/h3-4H,5H2,1-2H3,(H,12,13). The van der Waals surface area contributed by atoms with Crippen LogP contribution in [0.25, 0.3) is 0 Å². The molecular formula is C9H11Cl2N3. The van der Waals surface area contributed by atoms with Crippen molar-refractivity contribution in [2.24, 2.45) is 4.99 Å².